The van der Waals surface area contributed by atoms with Crippen LogP contribution in [0.4, 0.5) is 5.82 Å². The highest BCUT2D eigenvalue weighted by Gasteiger charge is 2.46. The van der Waals surface area contributed by atoms with Crippen LogP contribution in [0.5, 0.6) is 0 Å². The third-order valence-electron chi connectivity index (χ3n) is 6.07. The molecule has 0 radical (unpaired) electrons. The Kier molecular flexibility index (Phi) is 5.00. The van der Waals surface area contributed by atoms with Crippen molar-refractivity contribution in [2.75, 3.05) is 37.7 Å². The number of nitrogens with zero attached hydrogens (tertiary/aromatic N) is 5. The van der Waals surface area contributed by atoms with Gasteiger partial charge in [-0.2, -0.15) is 0 Å². The summed E-state index contributed by atoms with van der Waals surface area (Å²) < 4.78 is 5.45. The Labute approximate surface area is 168 Å². The van der Waals surface area contributed by atoms with Crippen LogP contribution in [0.3, 0.4) is 0 Å². The highest BCUT2D eigenvalue weighted by molar-refractivity contribution is 7.09. The quantitative estimate of drug-likeness (QED) is 0.763. The number of ether oxygens (including phenoxy) is 1. The molecule has 7 nitrogen and oxygen atoms in total. The van der Waals surface area contributed by atoms with Gasteiger partial charge in [0.05, 0.1) is 25.3 Å². The molecule has 2 aromatic rings. The number of fused-ring (bicyclic) bond motifs is 1. The number of likely N-dealkylation sites (tertiary alicyclic amines) is 2. The maximum atomic E-state index is 12.6. The van der Waals surface area contributed by atoms with E-state index in [1.54, 1.807) is 11.3 Å². The van der Waals surface area contributed by atoms with Crippen molar-refractivity contribution >= 4 is 23.1 Å². The first-order valence-electron chi connectivity index (χ1n) is 9.96. The SMILES string of the molecule is O=C1C[C@H]2[C@H](CCN2Cc2ccnc(N3CCOCC3)c2)N1Cc1cncs1. The van der Waals surface area contributed by atoms with E-state index < -0.39 is 0 Å². The molecule has 2 atom stereocenters. The smallest absolute Gasteiger partial charge is 0.224 e. The summed E-state index contributed by atoms with van der Waals surface area (Å²) in [4.78, 5) is 29.3. The topological polar surface area (TPSA) is 61.8 Å². The average molecular weight is 400 g/mol. The maximum Gasteiger partial charge on any atom is 0.224 e. The van der Waals surface area contributed by atoms with Crippen molar-refractivity contribution in [3.63, 3.8) is 0 Å². The van der Waals surface area contributed by atoms with Gasteiger partial charge in [-0.05, 0) is 24.1 Å². The third kappa shape index (κ3) is 3.52. The number of anilines is 1. The Bertz CT molecular complexity index is 824. The maximum absolute atomic E-state index is 12.6. The molecule has 0 saturated carbocycles. The monoisotopic (exact) mass is 399 g/mol. The number of carbonyl (C=O) groups excluding carboxylic acids is 1. The second kappa shape index (κ2) is 7.77. The van der Waals surface area contributed by atoms with Crippen LogP contribution >= 0.6 is 11.3 Å². The molecule has 0 aromatic carbocycles. The Hall–Kier alpha value is -2.03. The predicted molar refractivity (Wildman–Crippen MR) is 107 cm³/mol. The van der Waals surface area contributed by atoms with Crippen molar-refractivity contribution in [3.05, 3.63) is 40.5 Å². The minimum Gasteiger partial charge on any atom is -0.378 e. The average Bonchev–Trinajstić information content (AvgIpc) is 3.44. The lowest BCUT2D eigenvalue weighted by molar-refractivity contribution is -0.129. The first kappa shape index (κ1) is 18.0. The molecule has 0 unspecified atom stereocenters. The molecule has 0 N–H and O–H groups in total. The van der Waals surface area contributed by atoms with Gasteiger partial charge < -0.3 is 14.5 Å². The standard InChI is InChI=1S/C20H25N5O2S/c26-20-10-18-17(25(20)13-16-11-21-14-28-16)2-4-24(18)12-15-1-3-22-19(9-15)23-5-7-27-8-6-23/h1,3,9,11,14,17-18H,2,4-8,10,12-13H2/t17-,18-/m0/s1. The number of thiazole rings is 1. The van der Waals surface area contributed by atoms with Gasteiger partial charge in [-0.1, -0.05) is 0 Å². The number of amides is 1. The van der Waals surface area contributed by atoms with Crippen molar-refractivity contribution in [2.24, 2.45) is 0 Å². The molecule has 0 spiro atoms. The summed E-state index contributed by atoms with van der Waals surface area (Å²) in [6.45, 7) is 5.94. The third-order valence-corrected chi connectivity index (χ3v) is 6.83. The zero-order valence-corrected chi connectivity index (χ0v) is 16.7. The van der Waals surface area contributed by atoms with Crippen LogP contribution < -0.4 is 4.90 Å². The van der Waals surface area contributed by atoms with Gasteiger partial charge in [0.1, 0.15) is 5.82 Å². The summed E-state index contributed by atoms with van der Waals surface area (Å²) in [7, 11) is 0. The molecule has 3 aliphatic rings. The van der Waals surface area contributed by atoms with Crippen LogP contribution in [0.25, 0.3) is 0 Å². The molecule has 3 aliphatic heterocycles. The first-order chi connectivity index (χ1) is 13.8. The van der Waals surface area contributed by atoms with Gasteiger partial charge in [0.15, 0.2) is 0 Å². The molecule has 5 rings (SSSR count). The number of aromatic nitrogens is 2. The summed E-state index contributed by atoms with van der Waals surface area (Å²) >= 11 is 1.63. The molecule has 5 heterocycles. The minimum absolute atomic E-state index is 0.275. The van der Waals surface area contributed by atoms with E-state index in [1.165, 1.54) is 5.56 Å². The summed E-state index contributed by atoms with van der Waals surface area (Å²) in [5, 5.41) is 0. The lowest BCUT2D eigenvalue weighted by atomic mass is 10.1. The van der Waals surface area contributed by atoms with E-state index in [0.29, 0.717) is 25.0 Å². The summed E-state index contributed by atoms with van der Waals surface area (Å²) in [6.07, 6.45) is 5.47. The molecule has 3 fully saturated rings. The van der Waals surface area contributed by atoms with E-state index in [0.717, 1.165) is 56.5 Å². The van der Waals surface area contributed by atoms with Gasteiger partial charge in [-0.15, -0.1) is 11.3 Å². The molecule has 2 aromatic heterocycles. The van der Waals surface area contributed by atoms with Crippen LogP contribution in [-0.2, 0) is 22.6 Å². The van der Waals surface area contributed by atoms with Crippen molar-refractivity contribution in [3.8, 4) is 0 Å². The van der Waals surface area contributed by atoms with Gasteiger partial charge >= 0.3 is 0 Å². The zero-order chi connectivity index (χ0) is 18.9. The van der Waals surface area contributed by atoms with E-state index >= 15 is 0 Å². The Morgan fingerprint density at radius 2 is 2.07 bits per heavy atom. The molecular weight excluding hydrogens is 374 g/mol. The summed E-state index contributed by atoms with van der Waals surface area (Å²) in [6, 6.07) is 4.95. The van der Waals surface area contributed by atoms with Crippen molar-refractivity contribution in [2.45, 2.75) is 38.0 Å². The normalized spacial score (nSPS) is 25.5. The molecule has 0 aliphatic carbocycles. The Balaban J connectivity index is 1.26. The van der Waals surface area contributed by atoms with Gasteiger partial charge in [-0.25, -0.2) is 4.98 Å². The number of pyridine rings is 1. The second-order valence-corrected chi connectivity index (χ2v) is 8.68. The van der Waals surface area contributed by atoms with Gasteiger partial charge in [-0.3, -0.25) is 14.7 Å². The van der Waals surface area contributed by atoms with Gasteiger partial charge in [0.2, 0.25) is 5.91 Å². The number of rotatable bonds is 5. The fourth-order valence-electron chi connectivity index (χ4n) is 4.66. The fourth-order valence-corrected chi connectivity index (χ4v) is 5.25. The fraction of sp³-hybridized carbons (Fsp3) is 0.550. The molecule has 28 heavy (non-hydrogen) atoms. The first-order valence-corrected chi connectivity index (χ1v) is 10.8. The van der Waals surface area contributed by atoms with E-state index in [9.17, 15) is 4.79 Å². The number of hydrogen-bond donors (Lipinski definition) is 0. The number of morpholine rings is 1. The molecular formula is C20H25N5O2S. The molecule has 3 saturated heterocycles. The van der Waals surface area contributed by atoms with Crippen LogP contribution in [0.15, 0.2) is 30.0 Å². The molecule has 0 bridgehead atoms. The molecule has 8 heteroatoms. The van der Waals surface area contributed by atoms with Gasteiger partial charge in [0, 0.05) is 62.0 Å². The summed E-state index contributed by atoms with van der Waals surface area (Å²) in [5.74, 6) is 1.31. The Morgan fingerprint density at radius 3 is 2.89 bits per heavy atom. The lowest BCUT2D eigenvalue weighted by Crippen LogP contribution is -2.37. The van der Waals surface area contributed by atoms with E-state index in [2.05, 4.69) is 36.8 Å². The van der Waals surface area contributed by atoms with Crippen LogP contribution in [-0.4, -0.2) is 70.6 Å². The van der Waals surface area contributed by atoms with E-state index in [4.69, 9.17) is 4.74 Å². The number of hydrogen-bond acceptors (Lipinski definition) is 7. The predicted octanol–water partition coefficient (Wildman–Crippen LogP) is 1.75. The lowest BCUT2D eigenvalue weighted by Gasteiger charge is -2.28. The molecule has 148 valence electrons. The summed E-state index contributed by atoms with van der Waals surface area (Å²) in [5.41, 5.74) is 3.11. The van der Waals surface area contributed by atoms with E-state index in [1.807, 2.05) is 17.9 Å². The van der Waals surface area contributed by atoms with Crippen LogP contribution in [0.1, 0.15) is 23.3 Å². The highest BCUT2D eigenvalue weighted by Crippen LogP contribution is 2.35. The van der Waals surface area contributed by atoms with Crippen molar-refractivity contribution in [1.82, 2.24) is 19.8 Å². The van der Waals surface area contributed by atoms with E-state index in [-0.39, 0.29) is 5.91 Å². The Morgan fingerprint density at radius 1 is 1.18 bits per heavy atom. The van der Waals surface area contributed by atoms with Gasteiger partial charge in [0.25, 0.3) is 0 Å². The largest absolute Gasteiger partial charge is 0.378 e. The zero-order valence-electron chi connectivity index (χ0n) is 15.9. The number of carbonyl (C=O) groups is 1. The van der Waals surface area contributed by atoms with Crippen molar-refractivity contribution in [1.29, 1.82) is 0 Å². The second-order valence-electron chi connectivity index (χ2n) is 7.71. The molecule has 1 amide bonds. The highest BCUT2D eigenvalue weighted by atomic mass is 32.1. The van der Waals surface area contributed by atoms with Crippen molar-refractivity contribution < 1.29 is 9.53 Å². The van der Waals surface area contributed by atoms with Crippen LogP contribution in [0, 0.1) is 0 Å². The van der Waals surface area contributed by atoms with Crippen LogP contribution in [0.2, 0.25) is 0 Å². The minimum atomic E-state index is 0.275.